The molecule has 5 rings (SSSR count). The van der Waals surface area contributed by atoms with Crippen LogP contribution in [0.4, 0.5) is 0 Å². The van der Waals surface area contributed by atoms with Crippen LogP contribution in [0.25, 0.3) is 11.4 Å². The maximum atomic E-state index is 6.22. The molecule has 2 heterocycles. The Morgan fingerprint density at radius 1 is 1.03 bits per heavy atom. The van der Waals surface area contributed by atoms with Crippen LogP contribution in [-0.4, -0.2) is 24.9 Å². The minimum Gasteiger partial charge on any atom is -0.484 e. The number of aromatic nitrogens is 5. The summed E-state index contributed by atoms with van der Waals surface area (Å²) in [7, 11) is 0. The second-order valence-corrected chi connectivity index (χ2v) is 8.76. The van der Waals surface area contributed by atoms with Crippen LogP contribution >= 0.6 is 35.0 Å². The number of benzene rings is 2. The van der Waals surface area contributed by atoms with Crippen LogP contribution in [-0.2, 0) is 12.4 Å². The molecule has 0 aliphatic heterocycles. The van der Waals surface area contributed by atoms with Crippen LogP contribution in [0.15, 0.2) is 58.2 Å². The van der Waals surface area contributed by atoms with Crippen molar-refractivity contribution in [3.05, 3.63) is 70.3 Å². The van der Waals surface area contributed by atoms with Crippen LogP contribution in [0.5, 0.6) is 5.75 Å². The van der Waals surface area contributed by atoms with Gasteiger partial charge in [0, 0.05) is 11.6 Å². The summed E-state index contributed by atoms with van der Waals surface area (Å²) in [6.07, 6.45) is 2.20. The summed E-state index contributed by atoms with van der Waals surface area (Å²) in [4.78, 5) is 4.46. The molecule has 31 heavy (non-hydrogen) atoms. The first-order valence-electron chi connectivity index (χ1n) is 9.70. The first-order chi connectivity index (χ1) is 15.2. The van der Waals surface area contributed by atoms with E-state index in [0.29, 0.717) is 45.9 Å². The third-order valence-electron chi connectivity index (χ3n) is 4.75. The number of rotatable bonds is 8. The molecule has 1 fully saturated rings. The van der Waals surface area contributed by atoms with Gasteiger partial charge in [0.25, 0.3) is 0 Å². The Kier molecular flexibility index (Phi) is 5.85. The lowest BCUT2D eigenvalue weighted by Gasteiger charge is -2.10. The average Bonchev–Trinajstić information content (AvgIpc) is 3.36. The maximum Gasteiger partial charge on any atom is 0.237 e. The molecule has 1 aliphatic rings. The zero-order chi connectivity index (χ0) is 21.2. The van der Waals surface area contributed by atoms with Gasteiger partial charge < -0.3 is 9.26 Å². The second kappa shape index (κ2) is 8.90. The van der Waals surface area contributed by atoms with Crippen molar-refractivity contribution in [1.29, 1.82) is 0 Å². The maximum absolute atomic E-state index is 6.22. The highest BCUT2D eigenvalue weighted by Gasteiger charge is 2.30. The van der Waals surface area contributed by atoms with Crippen molar-refractivity contribution in [2.45, 2.75) is 36.4 Å². The summed E-state index contributed by atoms with van der Waals surface area (Å²) < 4.78 is 13.4. The normalized spacial score (nSPS) is 13.5. The predicted molar refractivity (Wildman–Crippen MR) is 118 cm³/mol. The molecular formula is C21H17Cl2N5O2S. The lowest BCUT2D eigenvalue weighted by atomic mass is 10.2. The van der Waals surface area contributed by atoms with E-state index in [2.05, 4.69) is 24.9 Å². The van der Waals surface area contributed by atoms with E-state index in [4.69, 9.17) is 32.5 Å². The zero-order valence-electron chi connectivity index (χ0n) is 16.2. The van der Waals surface area contributed by atoms with Gasteiger partial charge in [-0.1, -0.05) is 64.4 Å². The van der Waals surface area contributed by atoms with Gasteiger partial charge in [-0.2, -0.15) is 4.98 Å². The zero-order valence-corrected chi connectivity index (χ0v) is 18.6. The molecule has 1 aliphatic carbocycles. The SMILES string of the molecule is Clc1ccccc1OCc1nnc(SCc2nc(-c3ccccc3Cl)no2)n1C1CC1. The molecule has 0 N–H and O–H groups in total. The first-order valence-corrected chi connectivity index (χ1v) is 11.4. The van der Waals surface area contributed by atoms with Crippen molar-refractivity contribution in [2.24, 2.45) is 0 Å². The molecule has 0 radical (unpaired) electrons. The van der Waals surface area contributed by atoms with Crippen molar-refractivity contribution < 1.29 is 9.26 Å². The van der Waals surface area contributed by atoms with E-state index in [0.717, 1.165) is 29.4 Å². The number of thioether (sulfide) groups is 1. The van der Waals surface area contributed by atoms with Gasteiger partial charge in [-0.25, -0.2) is 0 Å². The molecule has 0 spiro atoms. The van der Waals surface area contributed by atoms with Crippen LogP contribution < -0.4 is 4.74 Å². The Balaban J connectivity index is 1.28. The Labute approximate surface area is 192 Å². The fraction of sp³-hybridized carbons (Fsp3) is 0.238. The quantitative estimate of drug-likeness (QED) is 0.297. The third-order valence-corrected chi connectivity index (χ3v) is 6.32. The minimum atomic E-state index is 0.297. The number of nitrogens with zero attached hydrogens (tertiary/aromatic N) is 5. The third kappa shape index (κ3) is 4.56. The molecule has 2 aromatic heterocycles. The van der Waals surface area contributed by atoms with Crippen LogP contribution in [0.2, 0.25) is 10.0 Å². The van der Waals surface area contributed by atoms with Crippen molar-refractivity contribution >= 4 is 35.0 Å². The van der Waals surface area contributed by atoms with E-state index in [-0.39, 0.29) is 0 Å². The van der Waals surface area contributed by atoms with E-state index in [1.807, 2.05) is 36.4 Å². The summed E-state index contributed by atoms with van der Waals surface area (Å²) in [5.74, 6) is 2.85. The summed E-state index contributed by atoms with van der Waals surface area (Å²) in [5.41, 5.74) is 0.740. The van der Waals surface area contributed by atoms with Crippen molar-refractivity contribution in [3.63, 3.8) is 0 Å². The summed E-state index contributed by atoms with van der Waals surface area (Å²) >= 11 is 13.9. The molecule has 10 heteroatoms. The van der Waals surface area contributed by atoms with Gasteiger partial charge >= 0.3 is 0 Å². The van der Waals surface area contributed by atoms with E-state index in [1.165, 1.54) is 11.8 Å². The molecule has 7 nitrogen and oxygen atoms in total. The van der Waals surface area contributed by atoms with Gasteiger partial charge in [-0.3, -0.25) is 4.57 Å². The smallest absolute Gasteiger partial charge is 0.237 e. The van der Waals surface area contributed by atoms with Gasteiger partial charge in [0.2, 0.25) is 11.7 Å². The fourth-order valence-corrected chi connectivity index (χ4v) is 4.37. The topological polar surface area (TPSA) is 78.9 Å². The van der Waals surface area contributed by atoms with E-state index < -0.39 is 0 Å². The fourth-order valence-electron chi connectivity index (χ4n) is 3.10. The molecule has 0 saturated heterocycles. The highest BCUT2D eigenvalue weighted by atomic mass is 35.5. The number of hydrogen-bond donors (Lipinski definition) is 0. The Morgan fingerprint density at radius 3 is 2.58 bits per heavy atom. The van der Waals surface area contributed by atoms with Crippen molar-refractivity contribution in [3.8, 4) is 17.1 Å². The summed E-state index contributed by atoms with van der Waals surface area (Å²) in [6.45, 7) is 0.297. The molecule has 4 aromatic rings. The van der Waals surface area contributed by atoms with Gasteiger partial charge in [-0.15, -0.1) is 10.2 Å². The lowest BCUT2D eigenvalue weighted by Crippen LogP contribution is -2.07. The molecule has 2 aromatic carbocycles. The minimum absolute atomic E-state index is 0.297. The molecule has 1 saturated carbocycles. The van der Waals surface area contributed by atoms with Crippen LogP contribution in [0.1, 0.15) is 30.6 Å². The Morgan fingerprint density at radius 2 is 1.81 bits per heavy atom. The number of ether oxygens (including phenoxy) is 1. The molecule has 158 valence electrons. The van der Waals surface area contributed by atoms with Gasteiger partial charge in [0.15, 0.2) is 11.0 Å². The molecule has 0 unspecified atom stereocenters. The highest BCUT2D eigenvalue weighted by Crippen LogP contribution is 2.39. The van der Waals surface area contributed by atoms with Crippen molar-refractivity contribution in [1.82, 2.24) is 24.9 Å². The number of para-hydroxylation sites is 1. The largest absolute Gasteiger partial charge is 0.484 e. The summed E-state index contributed by atoms with van der Waals surface area (Å²) in [5, 5.41) is 14.7. The average molecular weight is 474 g/mol. The van der Waals surface area contributed by atoms with Crippen LogP contribution in [0.3, 0.4) is 0 Å². The number of halogens is 2. The van der Waals surface area contributed by atoms with Crippen LogP contribution in [0, 0.1) is 0 Å². The monoisotopic (exact) mass is 473 g/mol. The van der Waals surface area contributed by atoms with E-state index in [1.54, 1.807) is 12.1 Å². The molecule has 0 atom stereocenters. The van der Waals surface area contributed by atoms with Gasteiger partial charge in [-0.05, 0) is 37.1 Å². The number of hydrogen-bond acceptors (Lipinski definition) is 7. The van der Waals surface area contributed by atoms with Gasteiger partial charge in [0.1, 0.15) is 12.4 Å². The molecular weight excluding hydrogens is 457 g/mol. The van der Waals surface area contributed by atoms with E-state index >= 15 is 0 Å². The Hall–Kier alpha value is -2.55. The van der Waals surface area contributed by atoms with Crippen molar-refractivity contribution in [2.75, 3.05) is 0 Å². The summed E-state index contributed by atoms with van der Waals surface area (Å²) in [6, 6.07) is 15.2. The molecule has 0 bridgehead atoms. The standard InChI is InChI=1S/C21H17Cl2N5O2S/c22-15-6-2-1-5-14(15)20-24-19(30-27-20)12-31-21-26-25-18(28(21)13-9-10-13)11-29-17-8-4-3-7-16(17)23/h1-8,13H,9-12H2. The highest BCUT2D eigenvalue weighted by molar-refractivity contribution is 7.98. The molecule has 0 amide bonds. The first kappa shape index (κ1) is 20.4. The second-order valence-electron chi connectivity index (χ2n) is 7.00. The lowest BCUT2D eigenvalue weighted by molar-refractivity contribution is 0.288. The van der Waals surface area contributed by atoms with Gasteiger partial charge in [0.05, 0.1) is 15.8 Å². The predicted octanol–water partition coefficient (Wildman–Crippen LogP) is 5.84. The van der Waals surface area contributed by atoms with E-state index in [9.17, 15) is 0 Å². The Bertz CT molecular complexity index is 1210.